The lowest BCUT2D eigenvalue weighted by molar-refractivity contribution is -0.125. The Kier molecular flexibility index (Phi) is 7.27. The minimum atomic E-state index is 0. The summed E-state index contributed by atoms with van der Waals surface area (Å²) in [6.07, 6.45) is 5.34. The van der Waals surface area contributed by atoms with Crippen molar-refractivity contribution < 1.29 is 9.53 Å². The van der Waals surface area contributed by atoms with Crippen molar-refractivity contribution in [2.24, 2.45) is 23.5 Å². The first-order valence-corrected chi connectivity index (χ1v) is 7.72. The maximum absolute atomic E-state index is 12.1. The molecule has 0 spiro atoms. The number of carbonyl (C=O) groups is 1. The highest BCUT2D eigenvalue weighted by Crippen LogP contribution is 2.27. The average molecular weight is 305 g/mol. The highest BCUT2D eigenvalue weighted by molar-refractivity contribution is 5.85. The Labute approximate surface area is 128 Å². The number of hydrogen-bond donors (Lipinski definition) is 2. The molecule has 1 saturated heterocycles. The molecule has 5 heteroatoms. The molecule has 0 radical (unpaired) electrons. The van der Waals surface area contributed by atoms with E-state index in [0.717, 1.165) is 45.3 Å². The predicted molar refractivity (Wildman–Crippen MR) is 82.9 cm³/mol. The van der Waals surface area contributed by atoms with E-state index < -0.39 is 0 Å². The van der Waals surface area contributed by atoms with Crippen LogP contribution >= 0.6 is 12.4 Å². The summed E-state index contributed by atoms with van der Waals surface area (Å²) in [6, 6.07) is 0.220. The summed E-state index contributed by atoms with van der Waals surface area (Å²) in [5.74, 6) is 1.31. The van der Waals surface area contributed by atoms with E-state index in [4.69, 9.17) is 10.5 Å². The van der Waals surface area contributed by atoms with Gasteiger partial charge in [-0.2, -0.15) is 0 Å². The van der Waals surface area contributed by atoms with Gasteiger partial charge in [0.15, 0.2) is 0 Å². The summed E-state index contributed by atoms with van der Waals surface area (Å²) in [5, 5.41) is 3.13. The first-order chi connectivity index (χ1) is 9.08. The molecule has 2 aliphatic rings. The number of amides is 1. The molecule has 1 aliphatic carbocycles. The molecule has 1 saturated carbocycles. The fraction of sp³-hybridized carbons (Fsp3) is 0.933. The molecule has 1 amide bonds. The monoisotopic (exact) mass is 304 g/mol. The third-order valence-electron chi connectivity index (χ3n) is 4.53. The van der Waals surface area contributed by atoms with Gasteiger partial charge in [0.25, 0.3) is 0 Å². The van der Waals surface area contributed by atoms with Crippen LogP contribution in [0.3, 0.4) is 0 Å². The Morgan fingerprint density at radius 3 is 2.70 bits per heavy atom. The fourth-order valence-electron chi connectivity index (χ4n) is 3.45. The summed E-state index contributed by atoms with van der Waals surface area (Å²) in [4.78, 5) is 12.1. The molecule has 0 aromatic carbocycles. The quantitative estimate of drug-likeness (QED) is 0.836. The highest BCUT2D eigenvalue weighted by atomic mass is 35.5. The molecular formula is C15H29ClN2O2. The van der Waals surface area contributed by atoms with Crippen molar-refractivity contribution in [3.63, 3.8) is 0 Å². The molecule has 20 heavy (non-hydrogen) atoms. The van der Waals surface area contributed by atoms with Crippen LogP contribution in [0.2, 0.25) is 0 Å². The number of nitrogens with one attached hydrogen (secondary N) is 1. The maximum Gasteiger partial charge on any atom is 0.223 e. The molecule has 0 aromatic heterocycles. The number of ether oxygens (including phenoxy) is 1. The smallest absolute Gasteiger partial charge is 0.223 e. The third-order valence-corrected chi connectivity index (χ3v) is 4.53. The van der Waals surface area contributed by atoms with Crippen LogP contribution in [0.5, 0.6) is 0 Å². The van der Waals surface area contributed by atoms with Crippen LogP contribution in [-0.2, 0) is 9.53 Å². The maximum atomic E-state index is 12.1. The number of halogens is 1. The molecule has 4 atom stereocenters. The normalized spacial score (nSPS) is 33.8. The second kappa shape index (κ2) is 8.20. The van der Waals surface area contributed by atoms with Gasteiger partial charge in [0.05, 0.1) is 6.10 Å². The lowest BCUT2D eigenvalue weighted by atomic mass is 9.87. The molecule has 0 aromatic rings. The van der Waals surface area contributed by atoms with Gasteiger partial charge in [0, 0.05) is 31.0 Å². The Hall–Kier alpha value is -0.320. The molecule has 4 unspecified atom stereocenters. The Balaban J connectivity index is 0.00000200. The van der Waals surface area contributed by atoms with Gasteiger partial charge in [-0.1, -0.05) is 13.8 Å². The molecular weight excluding hydrogens is 276 g/mol. The van der Waals surface area contributed by atoms with Crippen molar-refractivity contribution in [1.29, 1.82) is 0 Å². The summed E-state index contributed by atoms with van der Waals surface area (Å²) in [5.41, 5.74) is 5.86. The summed E-state index contributed by atoms with van der Waals surface area (Å²) in [6.45, 7) is 6.01. The van der Waals surface area contributed by atoms with Crippen molar-refractivity contribution in [3.8, 4) is 0 Å². The molecule has 4 nitrogen and oxygen atoms in total. The number of nitrogens with two attached hydrogens (primary N) is 1. The van der Waals surface area contributed by atoms with Crippen LogP contribution < -0.4 is 11.1 Å². The lowest BCUT2D eigenvalue weighted by Crippen LogP contribution is -2.42. The molecule has 2 fully saturated rings. The van der Waals surface area contributed by atoms with Gasteiger partial charge in [0.1, 0.15) is 0 Å². The fourth-order valence-corrected chi connectivity index (χ4v) is 3.45. The van der Waals surface area contributed by atoms with Crippen LogP contribution in [0.25, 0.3) is 0 Å². The molecule has 2 rings (SSSR count). The molecule has 118 valence electrons. The minimum absolute atomic E-state index is 0. The number of carbonyl (C=O) groups excluding carboxylic acids is 1. The summed E-state index contributed by atoms with van der Waals surface area (Å²) < 4.78 is 5.86. The van der Waals surface area contributed by atoms with Gasteiger partial charge >= 0.3 is 0 Å². The Bertz CT molecular complexity index is 312. The standard InChI is InChI=1S/C15H28N2O2.ClH/c1-10(2)14-12(4-3-7-19-14)9-17-15(18)11-5-6-13(16)8-11;/h10-14H,3-9,16H2,1-2H3,(H,17,18);1H. The largest absolute Gasteiger partial charge is 0.378 e. The predicted octanol–water partition coefficient (Wildman–Crippen LogP) is 2.10. The van der Waals surface area contributed by atoms with E-state index in [2.05, 4.69) is 19.2 Å². The van der Waals surface area contributed by atoms with E-state index in [1.54, 1.807) is 0 Å². The zero-order valence-electron chi connectivity index (χ0n) is 12.6. The SMILES string of the molecule is CC(C)C1OCCCC1CNC(=O)C1CCC(N)C1.Cl. The van der Waals surface area contributed by atoms with Gasteiger partial charge in [-0.15, -0.1) is 12.4 Å². The Morgan fingerprint density at radius 1 is 1.35 bits per heavy atom. The molecule has 3 N–H and O–H groups in total. The van der Waals surface area contributed by atoms with E-state index in [-0.39, 0.29) is 30.3 Å². The van der Waals surface area contributed by atoms with Gasteiger partial charge in [0.2, 0.25) is 5.91 Å². The van der Waals surface area contributed by atoms with E-state index >= 15 is 0 Å². The first-order valence-electron chi connectivity index (χ1n) is 7.72. The first kappa shape index (κ1) is 17.7. The van der Waals surface area contributed by atoms with Gasteiger partial charge in [-0.25, -0.2) is 0 Å². The molecule has 0 bridgehead atoms. The van der Waals surface area contributed by atoms with E-state index in [1.165, 1.54) is 0 Å². The van der Waals surface area contributed by atoms with Crippen molar-refractivity contribution >= 4 is 18.3 Å². The van der Waals surface area contributed by atoms with Gasteiger partial charge < -0.3 is 15.8 Å². The van der Waals surface area contributed by atoms with Crippen molar-refractivity contribution in [2.75, 3.05) is 13.2 Å². The second-order valence-electron chi connectivity index (χ2n) is 6.50. The molecule has 1 heterocycles. The van der Waals surface area contributed by atoms with Crippen LogP contribution in [0.1, 0.15) is 46.0 Å². The van der Waals surface area contributed by atoms with Gasteiger partial charge in [-0.05, 0) is 38.0 Å². The van der Waals surface area contributed by atoms with E-state index in [0.29, 0.717) is 17.9 Å². The highest BCUT2D eigenvalue weighted by Gasteiger charge is 2.31. The average Bonchev–Trinajstić information content (AvgIpc) is 2.83. The minimum Gasteiger partial charge on any atom is -0.378 e. The van der Waals surface area contributed by atoms with E-state index in [1.807, 2.05) is 0 Å². The summed E-state index contributed by atoms with van der Waals surface area (Å²) in [7, 11) is 0. The van der Waals surface area contributed by atoms with Crippen LogP contribution in [-0.4, -0.2) is 31.2 Å². The number of hydrogen-bond acceptors (Lipinski definition) is 3. The topological polar surface area (TPSA) is 64.3 Å². The van der Waals surface area contributed by atoms with Crippen molar-refractivity contribution in [2.45, 2.75) is 58.1 Å². The van der Waals surface area contributed by atoms with Crippen LogP contribution in [0, 0.1) is 17.8 Å². The van der Waals surface area contributed by atoms with Crippen molar-refractivity contribution in [1.82, 2.24) is 5.32 Å². The zero-order valence-corrected chi connectivity index (χ0v) is 13.5. The lowest BCUT2D eigenvalue weighted by Gasteiger charge is -2.34. The van der Waals surface area contributed by atoms with Crippen LogP contribution in [0.15, 0.2) is 0 Å². The third kappa shape index (κ3) is 4.61. The van der Waals surface area contributed by atoms with Crippen LogP contribution in [0.4, 0.5) is 0 Å². The summed E-state index contributed by atoms with van der Waals surface area (Å²) >= 11 is 0. The van der Waals surface area contributed by atoms with Crippen molar-refractivity contribution in [3.05, 3.63) is 0 Å². The molecule has 1 aliphatic heterocycles. The Morgan fingerprint density at radius 2 is 2.10 bits per heavy atom. The zero-order chi connectivity index (χ0) is 13.8. The van der Waals surface area contributed by atoms with Gasteiger partial charge in [-0.3, -0.25) is 4.79 Å². The number of rotatable bonds is 4. The van der Waals surface area contributed by atoms with E-state index in [9.17, 15) is 4.79 Å². The second-order valence-corrected chi connectivity index (χ2v) is 6.50.